The lowest BCUT2D eigenvalue weighted by Gasteiger charge is -2.12. The van der Waals surface area contributed by atoms with Crippen LogP contribution in [0.25, 0.3) is 0 Å². The van der Waals surface area contributed by atoms with Crippen LogP contribution in [0.4, 0.5) is 0 Å². The number of aliphatic hydroxyl groups excluding tert-OH is 1. The SMILES string of the molecule is CCC[C@H]([C@H](O)CC)[N+](=O)[O-]. The Bertz CT molecular complexity index is 127. The van der Waals surface area contributed by atoms with Crippen LogP contribution >= 0.6 is 0 Å². The molecule has 1 N–H and O–H groups in total. The minimum absolute atomic E-state index is 0.391. The smallest absolute Gasteiger partial charge is 0.238 e. The monoisotopic (exact) mass is 161 g/mol. The van der Waals surface area contributed by atoms with Crippen LogP contribution in [0.15, 0.2) is 0 Å². The standard InChI is InChI=1S/C7H15NO3/c1-3-5-6(8(10)11)7(9)4-2/h6-7,9H,3-5H2,1-2H3/t6-,7-/m1/s1. The lowest BCUT2D eigenvalue weighted by Crippen LogP contribution is -2.32. The van der Waals surface area contributed by atoms with Crippen molar-refractivity contribution in [1.82, 2.24) is 0 Å². The van der Waals surface area contributed by atoms with Crippen molar-refractivity contribution in [2.45, 2.75) is 45.3 Å². The molecule has 0 saturated heterocycles. The Balaban J connectivity index is 3.97. The first-order valence-corrected chi connectivity index (χ1v) is 3.95. The van der Waals surface area contributed by atoms with E-state index in [1.54, 1.807) is 6.92 Å². The highest BCUT2D eigenvalue weighted by Crippen LogP contribution is 2.08. The van der Waals surface area contributed by atoms with E-state index in [4.69, 9.17) is 0 Å². The average Bonchev–Trinajstić information content (AvgIpc) is 1.98. The van der Waals surface area contributed by atoms with E-state index in [-0.39, 0.29) is 0 Å². The van der Waals surface area contributed by atoms with E-state index in [1.807, 2.05) is 6.92 Å². The van der Waals surface area contributed by atoms with Gasteiger partial charge >= 0.3 is 0 Å². The van der Waals surface area contributed by atoms with Gasteiger partial charge in [-0.2, -0.15) is 0 Å². The second kappa shape index (κ2) is 5.07. The molecule has 66 valence electrons. The molecule has 0 radical (unpaired) electrons. The van der Waals surface area contributed by atoms with Gasteiger partial charge < -0.3 is 5.11 Å². The van der Waals surface area contributed by atoms with Crippen molar-refractivity contribution in [3.63, 3.8) is 0 Å². The van der Waals surface area contributed by atoms with Gasteiger partial charge in [0.05, 0.1) is 0 Å². The number of nitrogens with zero attached hydrogens (tertiary/aromatic N) is 1. The third-order valence-corrected chi connectivity index (χ3v) is 1.72. The Morgan fingerprint density at radius 3 is 2.36 bits per heavy atom. The molecule has 4 nitrogen and oxygen atoms in total. The third-order valence-electron chi connectivity index (χ3n) is 1.72. The predicted molar refractivity (Wildman–Crippen MR) is 42.0 cm³/mol. The molecule has 0 heterocycles. The fourth-order valence-electron chi connectivity index (χ4n) is 1.01. The van der Waals surface area contributed by atoms with Crippen LogP contribution in [0, 0.1) is 10.1 Å². The van der Waals surface area contributed by atoms with Gasteiger partial charge in [-0.1, -0.05) is 13.8 Å². The zero-order valence-electron chi connectivity index (χ0n) is 6.99. The van der Waals surface area contributed by atoms with Crippen LogP contribution in [0.1, 0.15) is 33.1 Å². The fourth-order valence-corrected chi connectivity index (χ4v) is 1.01. The maximum absolute atomic E-state index is 10.3. The normalized spacial score (nSPS) is 15.9. The van der Waals surface area contributed by atoms with E-state index in [0.717, 1.165) is 6.42 Å². The Kier molecular flexibility index (Phi) is 4.77. The molecule has 0 saturated carbocycles. The first-order valence-electron chi connectivity index (χ1n) is 3.95. The van der Waals surface area contributed by atoms with E-state index >= 15 is 0 Å². The van der Waals surface area contributed by atoms with Crippen LogP contribution in [-0.4, -0.2) is 22.2 Å². The van der Waals surface area contributed by atoms with Crippen LogP contribution in [0.5, 0.6) is 0 Å². The molecular weight excluding hydrogens is 146 g/mol. The van der Waals surface area contributed by atoms with Crippen molar-refractivity contribution in [3.8, 4) is 0 Å². The van der Waals surface area contributed by atoms with Gasteiger partial charge in [0.15, 0.2) is 0 Å². The van der Waals surface area contributed by atoms with Gasteiger partial charge in [-0.05, 0) is 12.8 Å². The van der Waals surface area contributed by atoms with Gasteiger partial charge in [0, 0.05) is 11.3 Å². The minimum atomic E-state index is -0.787. The molecule has 0 spiro atoms. The Hall–Kier alpha value is -0.640. The summed E-state index contributed by atoms with van der Waals surface area (Å²) in [6.07, 6.45) is 0.862. The lowest BCUT2D eigenvalue weighted by atomic mass is 10.1. The van der Waals surface area contributed by atoms with E-state index in [9.17, 15) is 15.2 Å². The maximum Gasteiger partial charge on any atom is 0.238 e. The maximum atomic E-state index is 10.3. The number of rotatable bonds is 5. The summed E-state index contributed by atoms with van der Waals surface area (Å²) in [6.45, 7) is 3.62. The summed E-state index contributed by atoms with van der Waals surface area (Å²) >= 11 is 0. The van der Waals surface area contributed by atoms with Gasteiger partial charge in [-0.3, -0.25) is 10.1 Å². The second-order valence-corrected chi connectivity index (χ2v) is 2.62. The summed E-state index contributed by atoms with van der Waals surface area (Å²) in [6, 6.07) is -0.773. The van der Waals surface area contributed by atoms with E-state index in [1.165, 1.54) is 0 Å². The highest BCUT2D eigenvalue weighted by atomic mass is 16.6. The molecule has 0 fully saturated rings. The first kappa shape index (κ1) is 10.4. The molecule has 0 unspecified atom stereocenters. The van der Waals surface area contributed by atoms with Crippen LogP contribution in [0.2, 0.25) is 0 Å². The van der Waals surface area contributed by atoms with E-state index in [2.05, 4.69) is 0 Å². The molecule has 0 aromatic carbocycles. The largest absolute Gasteiger partial charge is 0.386 e. The molecule has 4 heteroatoms. The molecule has 0 aromatic rings. The second-order valence-electron chi connectivity index (χ2n) is 2.62. The molecule has 2 atom stereocenters. The van der Waals surface area contributed by atoms with Crippen LogP contribution < -0.4 is 0 Å². The summed E-state index contributed by atoms with van der Waals surface area (Å²) in [7, 11) is 0. The van der Waals surface area contributed by atoms with Crippen molar-refractivity contribution < 1.29 is 10.0 Å². The summed E-state index contributed by atoms with van der Waals surface area (Å²) < 4.78 is 0. The Labute approximate surface area is 66.4 Å². The van der Waals surface area contributed by atoms with Crippen molar-refractivity contribution in [2.24, 2.45) is 0 Å². The molecule has 0 rings (SSSR count). The number of nitro groups is 1. The van der Waals surface area contributed by atoms with Gasteiger partial charge in [0.2, 0.25) is 6.04 Å². The molecular formula is C7H15NO3. The summed E-state index contributed by atoms with van der Waals surface area (Å²) in [5.41, 5.74) is 0. The lowest BCUT2D eigenvalue weighted by molar-refractivity contribution is -0.535. The third kappa shape index (κ3) is 3.32. The molecule has 0 aromatic heterocycles. The predicted octanol–water partition coefficient (Wildman–Crippen LogP) is 1.20. The van der Waals surface area contributed by atoms with Gasteiger partial charge in [-0.15, -0.1) is 0 Å². The molecule has 0 aliphatic heterocycles. The quantitative estimate of drug-likeness (QED) is 0.486. The zero-order chi connectivity index (χ0) is 8.85. The van der Waals surface area contributed by atoms with Crippen molar-refractivity contribution in [3.05, 3.63) is 10.1 Å². The van der Waals surface area contributed by atoms with Crippen molar-refractivity contribution in [1.29, 1.82) is 0 Å². The van der Waals surface area contributed by atoms with E-state index in [0.29, 0.717) is 12.8 Å². The topological polar surface area (TPSA) is 63.4 Å². The van der Waals surface area contributed by atoms with Crippen LogP contribution in [-0.2, 0) is 0 Å². The number of hydrogen-bond donors (Lipinski definition) is 1. The van der Waals surface area contributed by atoms with Gasteiger partial charge in [0.1, 0.15) is 6.10 Å². The Morgan fingerprint density at radius 1 is 1.55 bits per heavy atom. The molecule has 0 bridgehead atoms. The number of hydrogen-bond acceptors (Lipinski definition) is 3. The summed E-state index contributed by atoms with van der Waals surface area (Å²) in [4.78, 5) is 9.94. The summed E-state index contributed by atoms with van der Waals surface area (Å²) in [5.74, 6) is 0. The minimum Gasteiger partial charge on any atom is -0.386 e. The zero-order valence-corrected chi connectivity index (χ0v) is 6.99. The van der Waals surface area contributed by atoms with Crippen molar-refractivity contribution >= 4 is 0 Å². The molecule has 0 aliphatic carbocycles. The van der Waals surface area contributed by atoms with Crippen molar-refractivity contribution in [2.75, 3.05) is 0 Å². The average molecular weight is 161 g/mol. The highest BCUT2D eigenvalue weighted by Gasteiger charge is 2.26. The van der Waals surface area contributed by atoms with Gasteiger partial charge in [-0.25, -0.2) is 0 Å². The van der Waals surface area contributed by atoms with Crippen LogP contribution in [0.3, 0.4) is 0 Å². The Morgan fingerprint density at radius 2 is 2.09 bits per heavy atom. The first-order chi connectivity index (χ1) is 5.13. The summed E-state index contributed by atoms with van der Waals surface area (Å²) in [5, 5.41) is 19.5. The molecule has 11 heavy (non-hydrogen) atoms. The highest BCUT2D eigenvalue weighted by molar-refractivity contribution is 4.65. The number of aliphatic hydroxyl groups is 1. The fraction of sp³-hybridized carbons (Fsp3) is 1.00. The molecule has 0 amide bonds. The van der Waals surface area contributed by atoms with Gasteiger partial charge in [0.25, 0.3) is 0 Å². The molecule has 0 aliphatic rings. The van der Waals surface area contributed by atoms with E-state index < -0.39 is 17.1 Å².